The Bertz CT molecular complexity index is 1140. The molecule has 0 atom stereocenters. The van der Waals surface area contributed by atoms with Crippen LogP contribution in [0, 0.1) is 30.8 Å². The molecule has 3 aromatic rings. The minimum Gasteiger partial charge on any atom is -0.488 e. The zero-order valence-electron chi connectivity index (χ0n) is 15.0. The average molecular weight is 500 g/mol. The molecule has 0 bridgehead atoms. The first-order valence-corrected chi connectivity index (χ1v) is 9.57. The third kappa shape index (κ3) is 5.39. The fraction of sp³-hybridized carbons (Fsp3) is 0.0455. The molecular weight excluding hydrogens is 486 g/mol. The van der Waals surface area contributed by atoms with Crippen LogP contribution < -0.4 is 4.74 Å². The summed E-state index contributed by atoms with van der Waals surface area (Å²) in [4.78, 5) is 10.4. The summed E-state index contributed by atoms with van der Waals surface area (Å²) in [5.74, 6) is 0.224. The maximum Gasteiger partial charge on any atom is 0.269 e. The average Bonchev–Trinajstić information content (AvgIpc) is 2.71. The van der Waals surface area contributed by atoms with Crippen LogP contribution in [0.3, 0.4) is 0 Å². The molecule has 0 radical (unpaired) electrons. The predicted molar refractivity (Wildman–Crippen MR) is 116 cm³/mol. The zero-order valence-corrected chi connectivity index (χ0v) is 17.2. The SMILES string of the molecule is N#C/C(=C/c1ccc(OCc2cccc([N+](=O)[O-])c2)c(I)c1)c1cccc(F)c1. The van der Waals surface area contributed by atoms with Crippen LogP contribution in [0.1, 0.15) is 16.7 Å². The van der Waals surface area contributed by atoms with Gasteiger partial charge in [-0.15, -0.1) is 0 Å². The molecule has 0 saturated heterocycles. The number of nitro benzene ring substituents is 1. The number of benzene rings is 3. The minimum atomic E-state index is -0.445. The van der Waals surface area contributed by atoms with Gasteiger partial charge in [0.2, 0.25) is 0 Å². The number of nitrogens with zero attached hydrogens (tertiary/aromatic N) is 2. The van der Waals surface area contributed by atoms with E-state index in [0.29, 0.717) is 22.4 Å². The van der Waals surface area contributed by atoms with Gasteiger partial charge in [0, 0.05) is 12.1 Å². The van der Waals surface area contributed by atoms with Crippen molar-refractivity contribution in [2.75, 3.05) is 0 Å². The van der Waals surface area contributed by atoms with Crippen molar-refractivity contribution in [2.24, 2.45) is 0 Å². The molecule has 0 N–H and O–H groups in total. The van der Waals surface area contributed by atoms with Crippen molar-refractivity contribution in [3.63, 3.8) is 0 Å². The highest BCUT2D eigenvalue weighted by Crippen LogP contribution is 2.26. The molecule has 7 heteroatoms. The summed E-state index contributed by atoms with van der Waals surface area (Å²) >= 11 is 2.12. The van der Waals surface area contributed by atoms with Gasteiger partial charge in [-0.2, -0.15) is 5.26 Å². The predicted octanol–water partition coefficient (Wildman–Crippen LogP) is 5.98. The van der Waals surface area contributed by atoms with Gasteiger partial charge in [-0.25, -0.2) is 4.39 Å². The Kier molecular flexibility index (Phi) is 6.57. The van der Waals surface area contributed by atoms with Crippen molar-refractivity contribution in [1.82, 2.24) is 0 Å². The molecule has 0 aliphatic rings. The Morgan fingerprint density at radius 2 is 1.97 bits per heavy atom. The van der Waals surface area contributed by atoms with Gasteiger partial charge in [-0.3, -0.25) is 10.1 Å². The van der Waals surface area contributed by atoms with Crippen LogP contribution in [0.2, 0.25) is 0 Å². The third-order valence-electron chi connectivity index (χ3n) is 4.04. The van der Waals surface area contributed by atoms with Crippen LogP contribution in [-0.2, 0) is 6.61 Å². The molecule has 0 fully saturated rings. The number of non-ortho nitro benzene ring substituents is 1. The highest BCUT2D eigenvalue weighted by molar-refractivity contribution is 14.1. The number of halogens is 2. The largest absolute Gasteiger partial charge is 0.488 e. The molecule has 0 amide bonds. The van der Waals surface area contributed by atoms with Crippen LogP contribution in [0.4, 0.5) is 10.1 Å². The summed E-state index contributed by atoms with van der Waals surface area (Å²) in [6, 6.07) is 19.7. The van der Waals surface area contributed by atoms with Crippen molar-refractivity contribution < 1.29 is 14.1 Å². The van der Waals surface area contributed by atoms with E-state index >= 15 is 0 Å². The van der Waals surface area contributed by atoms with Crippen LogP contribution >= 0.6 is 22.6 Å². The Hall–Kier alpha value is -3.25. The van der Waals surface area contributed by atoms with E-state index < -0.39 is 10.7 Å². The summed E-state index contributed by atoms with van der Waals surface area (Å²) in [6.45, 7) is 0.194. The van der Waals surface area contributed by atoms with Gasteiger partial charge >= 0.3 is 0 Å². The van der Waals surface area contributed by atoms with E-state index in [9.17, 15) is 19.8 Å². The second kappa shape index (κ2) is 9.30. The Morgan fingerprint density at radius 3 is 2.66 bits per heavy atom. The number of hydrogen-bond donors (Lipinski definition) is 0. The van der Waals surface area contributed by atoms with Gasteiger partial charge in [-0.1, -0.05) is 30.3 Å². The van der Waals surface area contributed by atoms with Crippen LogP contribution in [0.25, 0.3) is 11.6 Å². The monoisotopic (exact) mass is 500 g/mol. The maximum atomic E-state index is 13.4. The molecule has 0 spiro atoms. The molecule has 0 heterocycles. The Morgan fingerprint density at radius 1 is 1.17 bits per heavy atom. The summed E-state index contributed by atoms with van der Waals surface area (Å²) in [5, 5.41) is 20.3. The lowest BCUT2D eigenvalue weighted by atomic mass is 10.0. The van der Waals surface area contributed by atoms with Crippen molar-refractivity contribution in [3.05, 3.63) is 103 Å². The number of ether oxygens (including phenoxy) is 1. The van der Waals surface area contributed by atoms with E-state index in [0.717, 1.165) is 9.13 Å². The molecule has 0 unspecified atom stereocenters. The third-order valence-corrected chi connectivity index (χ3v) is 4.88. The standard InChI is InChI=1S/C22H14FIN2O3/c23-19-5-2-4-17(12-19)18(13-25)9-15-7-8-22(21(24)11-15)29-14-16-3-1-6-20(10-16)26(27)28/h1-12H,14H2/b18-9-. The second-order valence-electron chi connectivity index (χ2n) is 6.09. The maximum absolute atomic E-state index is 13.4. The van der Waals surface area contributed by atoms with Gasteiger partial charge in [0.15, 0.2) is 0 Å². The van der Waals surface area contributed by atoms with Crippen molar-refractivity contribution >= 4 is 39.9 Å². The quantitative estimate of drug-likeness (QED) is 0.137. The second-order valence-corrected chi connectivity index (χ2v) is 7.25. The molecule has 0 saturated carbocycles. The van der Waals surface area contributed by atoms with Gasteiger partial charge in [0.1, 0.15) is 18.2 Å². The zero-order chi connectivity index (χ0) is 20.8. The number of rotatable bonds is 6. The molecule has 3 rings (SSSR count). The fourth-order valence-electron chi connectivity index (χ4n) is 2.65. The Labute approximate surface area is 180 Å². The van der Waals surface area contributed by atoms with E-state index in [-0.39, 0.29) is 12.3 Å². The lowest BCUT2D eigenvalue weighted by molar-refractivity contribution is -0.384. The summed E-state index contributed by atoms with van der Waals surface area (Å²) in [5.41, 5.74) is 2.34. The highest BCUT2D eigenvalue weighted by atomic mass is 127. The van der Waals surface area contributed by atoms with E-state index in [1.807, 2.05) is 6.07 Å². The first-order valence-electron chi connectivity index (χ1n) is 8.49. The molecule has 0 aliphatic heterocycles. The van der Waals surface area contributed by atoms with E-state index in [1.165, 1.54) is 24.3 Å². The van der Waals surface area contributed by atoms with Gasteiger partial charge < -0.3 is 4.74 Å². The number of nitro groups is 1. The molecule has 5 nitrogen and oxygen atoms in total. The minimum absolute atomic E-state index is 0.0164. The first kappa shape index (κ1) is 20.5. The van der Waals surface area contributed by atoms with Crippen LogP contribution in [-0.4, -0.2) is 4.92 Å². The number of hydrogen-bond acceptors (Lipinski definition) is 4. The Balaban J connectivity index is 1.77. The molecule has 29 heavy (non-hydrogen) atoms. The first-order chi connectivity index (χ1) is 14.0. The fourth-order valence-corrected chi connectivity index (χ4v) is 3.34. The normalized spacial score (nSPS) is 11.0. The van der Waals surface area contributed by atoms with Crippen LogP contribution in [0.5, 0.6) is 5.75 Å². The molecule has 3 aromatic carbocycles. The summed E-state index contributed by atoms with van der Waals surface area (Å²) < 4.78 is 20.0. The van der Waals surface area contributed by atoms with Crippen molar-refractivity contribution in [2.45, 2.75) is 6.61 Å². The van der Waals surface area contributed by atoms with Crippen molar-refractivity contribution in [1.29, 1.82) is 5.26 Å². The summed E-state index contributed by atoms with van der Waals surface area (Å²) in [7, 11) is 0. The van der Waals surface area contributed by atoms with E-state index in [1.54, 1.807) is 42.5 Å². The molecule has 0 aromatic heterocycles. The van der Waals surface area contributed by atoms with Gasteiger partial charge in [-0.05, 0) is 69.6 Å². The van der Waals surface area contributed by atoms with Gasteiger partial charge in [0.05, 0.1) is 20.1 Å². The number of allylic oxidation sites excluding steroid dienone is 1. The lowest BCUT2D eigenvalue weighted by Crippen LogP contribution is -1.98. The lowest BCUT2D eigenvalue weighted by Gasteiger charge is -2.09. The van der Waals surface area contributed by atoms with E-state index in [2.05, 4.69) is 28.7 Å². The molecule has 0 aliphatic carbocycles. The van der Waals surface area contributed by atoms with E-state index in [4.69, 9.17) is 4.74 Å². The number of nitriles is 1. The summed E-state index contributed by atoms with van der Waals surface area (Å²) in [6.07, 6.45) is 1.68. The van der Waals surface area contributed by atoms with Crippen LogP contribution in [0.15, 0.2) is 66.7 Å². The molecular formula is C22H14FIN2O3. The van der Waals surface area contributed by atoms with Crippen molar-refractivity contribution in [3.8, 4) is 11.8 Å². The van der Waals surface area contributed by atoms with Gasteiger partial charge in [0.25, 0.3) is 5.69 Å². The topological polar surface area (TPSA) is 76.2 Å². The highest BCUT2D eigenvalue weighted by Gasteiger charge is 2.08. The smallest absolute Gasteiger partial charge is 0.269 e. The molecule has 144 valence electrons.